The number of piperazine rings is 1. The van der Waals surface area contributed by atoms with Gasteiger partial charge in [-0.15, -0.1) is 24.0 Å². The summed E-state index contributed by atoms with van der Waals surface area (Å²) >= 11 is 0. The molecule has 30 heavy (non-hydrogen) atoms. The fourth-order valence-electron chi connectivity index (χ4n) is 4.18. The first-order valence-corrected chi connectivity index (χ1v) is 10.2. The van der Waals surface area contributed by atoms with Crippen LogP contribution in [0.4, 0.5) is 5.69 Å². The quantitative estimate of drug-likeness (QED) is 0.279. The van der Waals surface area contributed by atoms with Crippen LogP contribution in [0.25, 0.3) is 10.9 Å². The topological polar surface area (TPSA) is 66.9 Å². The second-order valence-electron chi connectivity index (χ2n) is 7.50. The summed E-state index contributed by atoms with van der Waals surface area (Å²) in [6.45, 7) is 6.48. The van der Waals surface area contributed by atoms with E-state index in [0.717, 1.165) is 50.8 Å². The zero-order valence-corrected chi connectivity index (χ0v) is 19.9. The van der Waals surface area contributed by atoms with Gasteiger partial charge < -0.3 is 25.2 Å². The van der Waals surface area contributed by atoms with Crippen molar-refractivity contribution in [3.63, 3.8) is 0 Å². The van der Waals surface area contributed by atoms with Gasteiger partial charge in [-0.3, -0.25) is 4.99 Å². The Kier molecular flexibility index (Phi) is 7.47. The highest BCUT2D eigenvalue weighted by Gasteiger charge is 2.21. The average molecular weight is 519 g/mol. The highest BCUT2D eigenvalue weighted by molar-refractivity contribution is 14.0. The minimum absolute atomic E-state index is 0. The summed E-state index contributed by atoms with van der Waals surface area (Å²) in [4.78, 5) is 12.4. The first-order chi connectivity index (χ1) is 14.2. The molecule has 0 unspecified atom stereocenters. The number of nitrogens with one attached hydrogen (secondary N) is 2. The molecule has 1 aliphatic heterocycles. The summed E-state index contributed by atoms with van der Waals surface area (Å²) in [7, 11) is 1.84. The first-order valence-electron chi connectivity index (χ1n) is 10.2. The molecule has 1 saturated heterocycles. The van der Waals surface area contributed by atoms with Crippen molar-refractivity contribution < 1.29 is 5.11 Å². The van der Waals surface area contributed by atoms with E-state index in [1.807, 2.05) is 25.2 Å². The molecule has 7 heteroatoms. The number of H-pyrrole nitrogens is 1. The summed E-state index contributed by atoms with van der Waals surface area (Å²) in [6, 6.07) is 13.9. The Labute approximate surface area is 195 Å². The van der Waals surface area contributed by atoms with E-state index < -0.39 is 0 Å². The fraction of sp³-hybridized carbons (Fsp3) is 0.348. The number of benzene rings is 2. The Morgan fingerprint density at radius 1 is 1.10 bits per heavy atom. The Morgan fingerprint density at radius 2 is 1.87 bits per heavy atom. The van der Waals surface area contributed by atoms with Crippen LogP contribution >= 0.6 is 24.0 Å². The van der Waals surface area contributed by atoms with Crippen molar-refractivity contribution in [2.75, 3.05) is 44.7 Å². The number of halogens is 1. The van der Waals surface area contributed by atoms with Crippen LogP contribution in [0.1, 0.15) is 11.1 Å². The average Bonchev–Trinajstić information content (AvgIpc) is 3.16. The number of phenolic OH excluding ortho intramolecular Hbond substituents is 1. The highest BCUT2D eigenvalue weighted by atomic mass is 127. The Balaban J connectivity index is 0.00000256. The maximum atomic E-state index is 10.1. The Morgan fingerprint density at radius 3 is 2.60 bits per heavy atom. The lowest BCUT2D eigenvalue weighted by molar-refractivity contribution is 0.370. The molecule has 0 bridgehead atoms. The van der Waals surface area contributed by atoms with E-state index in [4.69, 9.17) is 0 Å². The number of para-hydroxylation sites is 2. The molecule has 160 valence electrons. The van der Waals surface area contributed by atoms with Gasteiger partial charge in [0.05, 0.1) is 5.69 Å². The zero-order valence-electron chi connectivity index (χ0n) is 17.6. The Bertz CT molecular complexity index is 1010. The predicted octanol–water partition coefficient (Wildman–Crippen LogP) is 3.74. The maximum absolute atomic E-state index is 10.1. The largest absolute Gasteiger partial charge is 0.506 e. The van der Waals surface area contributed by atoms with Gasteiger partial charge in [0.15, 0.2) is 5.96 Å². The van der Waals surface area contributed by atoms with Gasteiger partial charge in [0.25, 0.3) is 0 Å². The molecule has 0 radical (unpaired) electrons. The van der Waals surface area contributed by atoms with Crippen LogP contribution in [0.3, 0.4) is 0 Å². The monoisotopic (exact) mass is 519 g/mol. The van der Waals surface area contributed by atoms with E-state index in [9.17, 15) is 5.11 Å². The number of guanidine groups is 1. The summed E-state index contributed by atoms with van der Waals surface area (Å²) in [5.74, 6) is 1.29. The molecule has 2 heterocycles. The molecular weight excluding hydrogens is 489 g/mol. The van der Waals surface area contributed by atoms with Gasteiger partial charge >= 0.3 is 0 Å². The molecule has 3 N–H and O–H groups in total. The van der Waals surface area contributed by atoms with Crippen LogP contribution in [-0.2, 0) is 6.42 Å². The van der Waals surface area contributed by atoms with E-state index in [1.165, 1.54) is 22.0 Å². The molecule has 0 spiro atoms. The summed E-state index contributed by atoms with van der Waals surface area (Å²) in [6.07, 6.45) is 3.06. The number of fused-ring (bicyclic) bond motifs is 1. The third-order valence-corrected chi connectivity index (χ3v) is 5.69. The summed E-state index contributed by atoms with van der Waals surface area (Å²) in [5.41, 5.74) is 4.75. The summed E-state index contributed by atoms with van der Waals surface area (Å²) in [5, 5.41) is 14.9. The van der Waals surface area contributed by atoms with E-state index in [2.05, 4.69) is 56.4 Å². The number of aliphatic imine (C=N–C) groups is 1. The van der Waals surface area contributed by atoms with Gasteiger partial charge in [0, 0.05) is 56.9 Å². The third kappa shape index (κ3) is 4.66. The van der Waals surface area contributed by atoms with Crippen molar-refractivity contribution in [1.29, 1.82) is 0 Å². The van der Waals surface area contributed by atoms with Crippen LogP contribution in [0.2, 0.25) is 0 Å². The number of nitrogens with zero attached hydrogens (tertiary/aromatic N) is 3. The lowest BCUT2D eigenvalue weighted by atomic mass is 10.1. The number of aromatic hydroxyl groups is 1. The van der Waals surface area contributed by atoms with Crippen molar-refractivity contribution in [1.82, 2.24) is 15.2 Å². The molecule has 1 aliphatic rings. The molecule has 1 aromatic heterocycles. The smallest absolute Gasteiger partial charge is 0.193 e. The first kappa shape index (κ1) is 22.3. The number of aromatic amines is 1. The van der Waals surface area contributed by atoms with E-state index in [-0.39, 0.29) is 24.0 Å². The van der Waals surface area contributed by atoms with Gasteiger partial charge in [0.2, 0.25) is 0 Å². The molecule has 2 aromatic carbocycles. The molecule has 3 aromatic rings. The van der Waals surface area contributed by atoms with E-state index in [1.54, 1.807) is 6.07 Å². The minimum atomic E-state index is 0. The third-order valence-electron chi connectivity index (χ3n) is 5.69. The molecule has 0 aliphatic carbocycles. The van der Waals surface area contributed by atoms with E-state index in [0.29, 0.717) is 5.75 Å². The van der Waals surface area contributed by atoms with Crippen molar-refractivity contribution in [3.8, 4) is 5.75 Å². The van der Waals surface area contributed by atoms with Gasteiger partial charge in [-0.05, 0) is 42.7 Å². The SMILES string of the molecule is CN=C(NCCc1c[nH]c2cccc(C)c12)N1CCN(c2ccccc2O)CC1.I. The van der Waals surface area contributed by atoms with Gasteiger partial charge in [-0.25, -0.2) is 0 Å². The van der Waals surface area contributed by atoms with E-state index >= 15 is 0 Å². The molecule has 6 nitrogen and oxygen atoms in total. The standard InChI is InChI=1S/C23H29N5O.HI/c1-17-6-5-7-19-22(17)18(16-26-19)10-11-25-23(24-2)28-14-12-27(13-15-28)20-8-3-4-9-21(20)29;/h3-9,16,26,29H,10-15H2,1-2H3,(H,24,25);1H. The molecule has 0 amide bonds. The second-order valence-corrected chi connectivity index (χ2v) is 7.50. The highest BCUT2D eigenvalue weighted by Crippen LogP contribution is 2.27. The van der Waals surface area contributed by atoms with Crippen LogP contribution < -0.4 is 10.2 Å². The van der Waals surface area contributed by atoms with Gasteiger partial charge in [-0.1, -0.05) is 24.3 Å². The fourth-order valence-corrected chi connectivity index (χ4v) is 4.18. The van der Waals surface area contributed by atoms with Crippen LogP contribution in [0.5, 0.6) is 5.75 Å². The number of aromatic nitrogens is 1. The van der Waals surface area contributed by atoms with Crippen molar-refractivity contribution in [2.45, 2.75) is 13.3 Å². The zero-order chi connectivity index (χ0) is 20.2. The maximum Gasteiger partial charge on any atom is 0.193 e. The normalized spacial score (nSPS) is 14.7. The van der Waals surface area contributed by atoms with Crippen molar-refractivity contribution in [3.05, 3.63) is 59.8 Å². The number of hydrogen-bond acceptors (Lipinski definition) is 3. The minimum Gasteiger partial charge on any atom is -0.506 e. The molecule has 0 saturated carbocycles. The number of anilines is 1. The number of rotatable bonds is 4. The number of aryl methyl sites for hydroxylation is 1. The molecule has 0 atom stereocenters. The van der Waals surface area contributed by atoms with Gasteiger partial charge in [0.1, 0.15) is 5.75 Å². The molecule has 4 rings (SSSR count). The van der Waals surface area contributed by atoms with Crippen LogP contribution in [-0.4, -0.2) is 60.7 Å². The molecular formula is C23H30IN5O. The van der Waals surface area contributed by atoms with Crippen molar-refractivity contribution in [2.24, 2.45) is 4.99 Å². The van der Waals surface area contributed by atoms with Crippen LogP contribution in [0.15, 0.2) is 53.7 Å². The second kappa shape index (κ2) is 10.1. The van der Waals surface area contributed by atoms with Crippen LogP contribution in [0, 0.1) is 6.92 Å². The lowest BCUT2D eigenvalue weighted by Crippen LogP contribution is -2.52. The number of phenols is 1. The predicted molar refractivity (Wildman–Crippen MR) is 135 cm³/mol. The lowest BCUT2D eigenvalue weighted by Gasteiger charge is -2.37. The summed E-state index contributed by atoms with van der Waals surface area (Å²) < 4.78 is 0. The van der Waals surface area contributed by atoms with Gasteiger partial charge in [-0.2, -0.15) is 0 Å². The van der Waals surface area contributed by atoms with Crippen molar-refractivity contribution >= 4 is 46.5 Å². The molecule has 1 fully saturated rings. The Hall–Kier alpha value is -2.42. The number of hydrogen-bond donors (Lipinski definition) is 3.